The zero-order chi connectivity index (χ0) is 15.0. The molecule has 0 aromatic carbocycles. The zero-order valence-corrected chi connectivity index (χ0v) is 12.8. The molecule has 0 bridgehead atoms. The minimum absolute atomic E-state index is 0.246. The fraction of sp³-hybridized carbons (Fsp3) is 0.462. The lowest BCUT2D eigenvalue weighted by molar-refractivity contribution is 0.616. The third-order valence-electron chi connectivity index (χ3n) is 3.79. The molecular weight excluding hydrogens is 290 g/mol. The van der Waals surface area contributed by atoms with Crippen LogP contribution in [0.2, 0.25) is 5.15 Å². The standard InChI is InChI=1S/C13H18ClN7/c1-16-8-3-4-21(7-8)11-5-10(18-13(15)19-11)9-6-17-20(2)12(9)14/h5-6,8,16H,3-4,7H2,1-2H3,(H2,15,18,19)/t8-/m1/s1. The van der Waals surface area contributed by atoms with Crippen molar-refractivity contribution < 1.29 is 0 Å². The van der Waals surface area contributed by atoms with Crippen LogP contribution in [-0.2, 0) is 7.05 Å². The van der Waals surface area contributed by atoms with Gasteiger partial charge in [-0.05, 0) is 13.5 Å². The molecule has 0 amide bonds. The van der Waals surface area contributed by atoms with Gasteiger partial charge in [-0.2, -0.15) is 10.1 Å². The van der Waals surface area contributed by atoms with Crippen molar-refractivity contribution in [2.75, 3.05) is 30.8 Å². The molecule has 0 radical (unpaired) electrons. The Kier molecular flexibility index (Phi) is 3.69. The van der Waals surface area contributed by atoms with Gasteiger partial charge in [-0.3, -0.25) is 4.68 Å². The Labute approximate surface area is 128 Å². The molecule has 0 unspecified atom stereocenters. The van der Waals surface area contributed by atoms with E-state index in [0.717, 1.165) is 30.9 Å². The van der Waals surface area contributed by atoms with E-state index < -0.39 is 0 Å². The highest BCUT2D eigenvalue weighted by Crippen LogP contribution is 2.29. The molecule has 1 fully saturated rings. The van der Waals surface area contributed by atoms with Gasteiger partial charge in [-0.15, -0.1) is 0 Å². The van der Waals surface area contributed by atoms with Crippen LogP contribution in [0.15, 0.2) is 12.3 Å². The number of nitrogens with one attached hydrogen (secondary N) is 1. The van der Waals surface area contributed by atoms with Crippen LogP contribution in [0, 0.1) is 0 Å². The highest BCUT2D eigenvalue weighted by Gasteiger charge is 2.23. The van der Waals surface area contributed by atoms with E-state index in [2.05, 4.69) is 25.3 Å². The van der Waals surface area contributed by atoms with Crippen molar-refractivity contribution in [2.24, 2.45) is 7.05 Å². The summed E-state index contributed by atoms with van der Waals surface area (Å²) in [5, 5.41) is 7.96. The third kappa shape index (κ3) is 2.66. The monoisotopic (exact) mass is 307 g/mol. The number of anilines is 2. The molecule has 1 aliphatic heterocycles. The molecule has 7 nitrogen and oxygen atoms in total. The number of nitrogen functional groups attached to an aromatic ring is 1. The summed E-state index contributed by atoms with van der Waals surface area (Å²) in [6.07, 6.45) is 2.78. The number of hydrogen-bond donors (Lipinski definition) is 2. The van der Waals surface area contributed by atoms with Crippen molar-refractivity contribution in [3.8, 4) is 11.3 Å². The van der Waals surface area contributed by atoms with Gasteiger partial charge in [0.1, 0.15) is 11.0 Å². The number of rotatable bonds is 3. The molecule has 2 aromatic rings. The maximum Gasteiger partial charge on any atom is 0.222 e. The van der Waals surface area contributed by atoms with Gasteiger partial charge in [-0.1, -0.05) is 11.6 Å². The van der Waals surface area contributed by atoms with E-state index in [1.807, 2.05) is 13.1 Å². The van der Waals surface area contributed by atoms with Crippen molar-refractivity contribution in [2.45, 2.75) is 12.5 Å². The van der Waals surface area contributed by atoms with Crippen LogP contribution in [0.1, 0.15) is 6.42 Å². The van der Waals surface area contributed by atoms with E-state index in [-0.39, 0.29) is 5.95 Å². The number of likely N-dealkylation sites (N-methyl/N-ethyl adjacent to an activating group) is 1. The highest BCUT2D eigenvalue weighted by atomic mass is 35.5. The van der Waals surface area contributed by atoms with Gasteiger partial charge in [-0.25, -0.2) is 4.98 Å². The number of nitrogens with two attached hydrogens (primary N) is 1. The number of halogens is 1. The van der Waals surface area contributed by atoms with Crippen molar-refractivity contribution in [1.82, 2.24) is 25.1 Å². The molecule has 112 valence electrons. The predicted octanol–water partition coefficient (Wildman–Crippen LogP) is 0.911. The lowest BCUT2D eigenvalue weighted by atomic mass is 10.2. The van der Waals surface area contributed by atoms with Gasteiger partial charge in [0.05, 0.1) is 17.5 Å². The second-order valence-corrected chi connectivity index (χ2v) is 5.52. The summed E-state index contributed by atoms with van der Waals surface area (Å²) in [6, 6.07) is 2.39. The Bertz CT molecular complexity index is 654. The van der Waals surface area contributed by atoms with Crippen molar-refractivity contribution in [3.05, 3.63) is 17.4 Å². The SMILES string of the molecule is CN[C@@H]1CCN(c2cc(-c3cnn(C)c3Cl)nc(N)n2)C1. The summed E-state index contributed by atoms with van der Waals surface area (Å²) in [4.78, 5) is 10.8. The summed E-state index contributed by atoms with van der Waals surface area (Å²) in [5.41, 5.74) is 7.31. The van der Waals surface area contributed by atoms with Gasteiger partial charge < -0.3 is 16.0 Å². The number of aromatic nitrogens is 4. The normalized spacial score (nSPS) is 18.4. The van der Waals surface area contributed by atoms with Gasteiger partial charge in [0.15, 0.2) is 0 Å². The Morgan fingerprint density at radius 2 is 2.24 bits per heavy atom. The van der Waals surface area contributed by atoms with E-state index in [4.69, 9.17) is 17.3 Å². The molecule has 1 saturated heterocycles. The first-order chi connectivity index (χ1) is 10.1. The molecule has 3 heterocycles. The van der Waals surface area contributed by atoms with E-state index >= 15 is 0 Å². The lowest BCUT2D eigenvalue weighted by Gasteiger charge is -2.18. The van der Waals surface area contributed by atoms with Crippen LogP contribution in [0.4, 0.5) is 11.8 Å². The van der Waals surface area contributed by atoms with Gasteiger partial charge >= 0.3 is 0 Å². The molecule has 1 aliphatic rings. The average molecular weight is 308 g/mol. The third-order valence-corrected chi connectivity index (χ3v) is 4.24. The molecular formula is C13H18ClN7. The van der Waals surface area contributed by atoms with E-state index in [1.54, 1.807) is 17.9 Å². The minimum Gasteiger partial charge on any atom is -0.368 e. The topological polar surface area (TPSA) is 84.9 Å². The first kappa shape index (κ1) is 14.1. The van der Waals surface area contributed by atoms with Crippen molar-refractivity contribution in [1.29, 1.82) is 0 Å². The quantitative estimate of drug-likeness (QED) is 0.877. The summed E-state index contributed by atoms with van der Waals surface area (Å²) >= 11 is 6.23. The van der Waals surface area contributed by atoms with Crippen LogP contribution in [-0.4, -0.2) is 45.9 Å². The molecule has 1 atom stereocenters. The fourth-order valence-electron chi connectivity index (χ4n) is 2.55. The van der Waals surface area contributed by atoms with E-state index in [1.165, 1.54) is 0 Å². The number of hydrogen-bond acceptors (Lipinski definition) is 6. The van der Waals surface area contributed by atoms with Crippen molar-refractivity contribution >= 4 is 23.4 Å². The predicted molar refractivity (Wildman–Crippen MR) is 83.3 cm³/mol. The van der Waals surface area contributed by atoms with Gasteiger partial charge in [0.25, 0.3) is 0 Å². The largest absolute Gasteiger partial charge is 0.368 e. The summed E-state index contributed by atoms with van der Waals surface area (Å²) < 4.78 is 1.60. The Morgan fingerprint density at radius 1 is 1.43 bits per heavy atom. The minimum atomic E-state index is 0.246. The highest BCUT2D eigenvalue weighted by molar-refractivity contribution is 6.32. The maximum absolute atomic E-state index is 6.23. The van der Waals surface area contributed by atoms with E-state index in [0.29, 0.717) is 16.9 Å². The first-order valence-corrected chi connectivity index (χ1v) is 7.21. The first-order valence-electron chi connectivity index (χ1n) is 6.83. The van der Waals surface area contributed by atoms with Crippen LogP contribution in [0.3, 0.4) is 0 Å². The average Bonchev–Trinajstić information content (AvgIpc) is 3.06. The van der Waals surface area contributed by atoms with Crippen molar-refractivity contribution in [3.63, 3.8) is 0 Å². The van der Waals surface area contributed by atoms with Gasteiger partial charge in [0, 0.05) is 32.2 Å². The molecule has 0 spiro atoms. The molecule has 0 saturated carbocycles. The summed E-state index contributed by atoms with van der Waals surface area (Å²) in [7, 11) is 3.76. The Morgan fingerprint density at radius 3 is 2.86 bits per heavy atom. The maximum atomic E-state index is 6.23. The molecule has 8 heteroatoms. The fourth-order valence-corrected chi connectivity index (χ4v) is 2.74. The van der Waals surface area contributed by atoms with E-state index in [9.17, 15) is 0 Å². The molecule has 2 aromatic heterocycles. The molecule has 3 N–H and O–H groups in total. The number of aryl methyl sites for hydroxylation is 1. The lowest BCUT2D eigenvalue weighted by Crippen LogP contribution is -2.30. The Hall–Kier alpha value is -1.86. The second-order valence-electron chi connectivity index (χ2n) is 5.16. The van der Waals surface area contributed by atoms with Crippen LogP contribution in [0.5, 0.6) is 0 Å². The molecule has 0 aliphatic carbocycles. The summed E-state index contributed by atoms with van der Waals surface area (Å²) in [6.45, 7) is 1.86. The zero-order valence-electron chi connectivity index (χ0n) is 12.0. The number of nitrogens with zero attached hydrogens (tertiary/aromatic N) is 5. The molecule has 21 heavy (non-hydrogen) atoms. The second kappa shape index (κ2) is 5.50. The van der Waals surface area contributed by atoms with Gasteiger partial charge in [0.2, 0.25) is 5.95 Å². The Balaban J connectivity index is 1.95. The van der Waals surface area contributed by atoms with Crippen LogP contribution >= 0.6 is 11.6 Å². The molecule has 3 rings (SSSR count). The van der Waals surface area contributed by atoms with Crippen LogP contribution in [0.25, 0.3) is 11.3 Å². The van der Waals surface area contributed by atoms with Crippen LogP contribution < -0.4 is 16.0 Å². The summed E-state index contributed by atoms with van der Waals surface area (Å²) in [5.74, 6) is 1.07. The smallest absolute Gasteiger partial charge is 0.222 e.